The smallest absolute Gasteiger partial charge is 0.255 e. The van der Waals surface area contributed by atoms with Crippen molar-refractivity contribution in [1.82, 2.24) is 4.90 Å². The van der Waals surface area contributed by atoms with Gasteiger partial charge in [-0.05, 0) is 19.1 Å². The summed E-state index contributed by atoms with van der Waals surface area (Å²) in [5.74, 6) is -0.421. The molecular formula is C10H12Cl2N2O3S. The number of amides is 1. The minimum Gasteiger partial charge on any atom is -0.342 e. The van der Waals surface area contributed by atoms with E-state index in [0.717, 1.165) is 12.1 Å². The van der Waals surface area contributed by atoms with E-state index in [1.807, 2.05) is 0 Å². The van der Waals surface area contributed by atoms with Crippen LogP contribution in [0.1, 0.15) is 17.3 Å². The van der Waals surface area contributed by atoms with Crippen LogP contribution in [0, 0.1) is 0 Å². The number of hydrogen-bond acceptors (Lipinski definition) is 3. The van der Waals surface area contributed by atoms with Crippen LogP contribution >= 0.6 is 23.2 Å². The molecule has 0 spiro atoms. The summed E-state index contributed by atoms with van der Waals surface area (Å²) in [6.07, 6.45) is 0. The molecule has 0 fully saturated rings. The summed E-state index contributed by atoms with van der Waals surface area (Å²) < 4.78 is 22.5. The number of nitrogens with zero attached hydrogens (tertiary/aromatic N) is 1. The Balaban J connectivity index is 3.45. The van der Waals surface area contributed by atoms with Gasteiger partial charge in [-0.1, -0.05) is 23.2 Å². The van der Waals surface area contributed by atoms with E-state index in [4.69, 9.17) is 28.3 Å². The highest BCUT2D eigenvalue weighted by Gasteiger charge is 2.20. The second-order valence-electron chi connectivity index (χ2n) is 3.63. The second-order valence-corrected chi connectivity index (χ2v) is 5.98. The third kappa shape index (κ3) is 3.14. The first-order valence-corrected chi connectivity index (χ1v) is 7.26. The quantitative estimate of drug-likeness (QED) is 0.923. The highest BCUT2D eigenvalue weighted by atomic mass is 35.5. The van der Waals surface area contributed by atoms with Crippen molar-refractivity contribution in [2.45, 2.75) is 11.8 Å². The molecule has 0 unspecified atom stereocenters. The molecule has 0 aromatic heterocycles. The van der Waals surface area contributed by atoms with Gasteiger partial charge in [0.1, 0.15) is 0 Å². The van der Waals surface area contributed by atoms with Crippen LogP contribution in [0.5, 0.6) is 0 Å². The summed E-state index contributed by atoms with van der Waals surface area (Å²) in [7, 11) is -2.38. The Morgan fingerprint density at radius 1 is 1.39 bits per heavy atom. The van der Waals surface area contributed by atoms with Gasteiger partial charge in [0.25, 0.3) is 5.91 Å². The molecule has 18 heavy (non-hydrogen) atoms. The number of carbonyl (C=O) groups excluding carboxylic acids is 1. The lowest BCUT2D eigenvalue weighted by Gasteiger charge is -2.16. The minimum absolute atomic E-state index is 0.00867. The topological polar surface area (TPSA) is 80.5 Å². The SMILES string of the molecule is CCN(C)C(=O)c1cc(S(N)(=O)=O)cc(Cl)c1Cl. The normalized spacial score (nSPS) is 11.4. The van der Waals surface area contributed by atoms with Gasteiger partial charge < -0.3 is 4.90 Å². The van der Waals surface area contributed by atoms with Gasteiger partial charge in [0.2, 0.25) is 10.0 Å². The molecule has 1 amide bonds. The van der Waals surface area contributed by atoms with Crippen molar-refractivity contribution in [3.8, 4) is 0 Å². The molecule has 0 aliphatic carbocycles. The number of rotatable bonds is 3. The zero-order valence-electron chi connectivity index (χ0n) is 9.78. The summed E-state index contributed by atoms with van der Waals surface area (Å²) in [4.78, 5) is 13.1. The highest BCUT2D eigenvalue weighted by molar-refractivity contribution is 7.89. The van der Waals surface area contributed by atoms with Crippen molar-refractivity contribution in [3.05, 3.63) is 27.7 Å². The van der Waals surface area contributed by atoms with Gasteiger partial charge in [0.15, 0.2) is 0 Å². The van der Waals surface area contributed by atoms with Gasteiger partial charge in [-0.15, -0.1) is 0 Å². The first-order chi connectivity index (χ1) is 8.18. The highest BCUT2D eigenvalue weighted by Crippen LogP contribution is 2.29. The molecule has 0 bridgehead atoms. The van der Waals surface area contributed by atoms with Crippen molar-refractivity contribution in [1.29, 1.82) is 0 Å². The Morgan fingerprint density at radius 2 is 1.94 bits per heavy atom. The molecule has 0 atom stereocenters. The maximum Gasteiger partial charge on any atom is 0.255 e. The first-order valence-electron chi connectivity index (χ1n) is 4.95. The fourth-order valence-corrected chi connectivity index (χ4v) is 2.27. The molecule has 0 saturated carbocycles. The van der Waals surface area contributed by atoms with Crippen LogP contribution < -0.4 is 5.14 Å². The lowest BCUT2D eigenvalue weighted by atomic mass is 10.2. The minimum atomic E-state index is -3.94. The lowest BCUT2D eigenvalue weighted by molar-refractivity contribution is 0.0802. The number of hydrogen-bond donors (Lipinski definition) is 1. The molecule has 0 aliphatic rings. The summed E-state index contributed by atoms with van der Waals surface area (Å²) >= 11 is 11.7. The Labute approximate surface area is 116 Å². The van der Waals surface area contributed by atoms with Crippen LogP contribution in [-0.4, -0.2) is 32.8 Å². The molecule has 8 heteroatoms. The zero-order chi connectivity index (χ0) is 14.1. The molecule has 0 radical (unpaired) electrons. The molecule has 1 aromatic carbocycles. The van der Waals surface area contributed by atoms with Crippen LogP contribution in [0.3, 0.4) is 0 Å². The molecule has 100 valence electrons. The summed E-state index contributed by atoms with van der Waals surface area (Å²) in [5.41, 5.74) is 0.0116. The number of sulfonamides is 1. The van der Waals surface area contributed by atoms with E-state index in [-0.39, 0.29) is 20.5 Å². The first kappa shape index (κ1) is 15.2. The molecule has 1 aromatic rings. The second kappa shape index (κ2) is 5.44. The van der Waals surface area contributed by atoms with Crippen LogP contribution in [0.15, 0.2) is 17.0 Å². The van der Waals surface area contributed by atoms with Gasteiger partial charge in [-0.2, -0.15) is 0 Å². The predicted molar refractivity (Wildman–Crippen MR) is 70.5 cm³/mol. The number of primary sulfonamides is 1. The molecule has 5 nitrogen and oxygen atoms in total. The number of benzene rings is 1. The Morgan fingerprint density at radius 3 is 2.39 bits per heavy atom. The third-order valence-electron chi connectivity index (χ3n) is 2.38. The molecule has 0 aliphatic heterocycles. The van der Waals surface area contributed by atoms with Crippen molar-refractivity contribution < 1.29 is 13.2 Å². The maximum atomic E-state index is 12.0. The molecule has 1 rings (SSSR count). The van der Waals surface area contributed by atoms with Crippen molar-refractivity contribution in [2.75, 3.05) is 13.6 Å². The van der Waals surface area contributed by atoms with Crippen LogP contribution in [-0.2, 0) is 10.0 Å². The Kier molecular flexibility index (Phi) is 4.61. The maximum absolute atomic E-state index is 12.0. The Bertz CT molecular complexity index is 587. The van der Waals surface area contributed by atoms with E-state index in [1.165, 1.54) is 4.90 Å². The third-order valence-corrected chi connectivity index (χ3v) is 4.08. The molecule has 2 N–H and O–H groups in total. The lowest BCUT2D eigenvalue weighted by Crippen LogP contribution is -2.27. The Hall–Kier alpha value is -0.820. The van der Waals surface area contributed by atoms with E-state index in [0.29, 0.717) is 6.54 Å². The van der Waals surface area contributed by atoms with E-state index < -0.39 is 15.9 Å². The standard InChI is InChI=1S/C10H12Cl2N2O3S/c1-3-14(2)10(15)7-4-6(18(13,16)17)5-8(11)9(7)12/h4-5H,3H2,1-2H3,(H2,13,16,17). The van der Waals surface area contributed by atoms with Gasteiger partial charge in [0, 0.05) is 13.6 Å². The largest absolute Gasteiger partial charge is 0.342 e. The van der Waals surface area contributed by atoms with Gasteiger partial charge in [-0.3, -0.25) is 4.79 Å². The van der Waals surface area contributed by atoms with Crippen molar-refractivity contribution in [3.63, 3.8) is 0 Å². The van der Waals surface area contributed by atoms with Crippen LogP contribution in [0.4, 0.5) is 0 Å². The van der Waals surface area contributed by atoms with Crippen LogP contribution in [0.2, 0.25) is 10.0 Å². The molecule has 0 saturated heterocycles. The van der Waals surface area contributed by atoms with Gasteiger partial charge in [0.05, 0.1) is 20.5 Å². The summed E-state index contributed by atoms with van der Waals surface area (Å²) in [6, 6.07) is 2.24. The van der Waals surface area contributed by atoms with Crippen LogP contribution in [0.25, 0.3) is 0 Å². The van der Waals surface area contributed by atoms with Crippen molar-refractivity contribution >= 4 is 39.1 Å². The summed E-state index contributed by atoms with van der Waals surface area (Å²) in [5, 5.41) is 4.98. The summed E-state index contributed by atoms with van der Waals surface area (Å²) in [6.45, 7) is 2.23. The average molecular weight is 311 g/mol. The average Bonchev–Trinajstić information content (AvgIpc) is 2.29. The van der Waals surface area contributed by atoms with E-state index >= 15 is 0 Å². The number of carbonyl (C=O) groups is 1. The van der Waals surface area contributed by atoms with E-state index in [2.05, 4.69) is 0 Å². The number of halogens is 2. The fraction of sp³-hybridized carbons (Fsp3) is 0.300. The molecular weight excluding hydrogens is 299 g/mol. The fourth-order valence-electron chi connectivity index (χ4n) is 1.23. The number of nitrogens with two attached hydrogens (primary N) is 1. The zero-order valence-corrected chi connectivity index (χ0v) is 12.1. The van der Waals surface area contributed by atoms with Gasteiger partial charge in [-0.25, -0.2) is 13.6 Å². The van der Waals surface area contributed by atoms with E-state index in [1.54, 1.807) is 14.0 Å². The van der Waals surface area contributed by atoms with Crippen molar-refractivity contribution in [2.24, 2.45) is 5.14 Å². The van der Waals surface area contributed by atoms with E-state index in [9.17, 15) is 13.2 Å². The predicted octanol–water partition coefficient (Wildman–Crippen LogP) is 1.73. The van der Waals surface area contributed by atoms with Gasteiger partial charge >= 0.3 is 0 Å². The molecule has 0 heterocycles. The monoisotopic (exact) mass is 310 g/mol.